The zero-order valence-electron chi connectivity index (χ0n) is 10.5. The molecule has 0 saturated carbocycles. The molecule has 0 amide bonds. The molecule has 20 heavy (non-hydrogen) atoms. The maximum Gasteiger partial charge on any atom is 0.408 e. The van der Waals surface area contributed by atoms with Gasteiger partial charge in [0.1, 0.15) is 12.4 Å². The van der Waals surface area contributed by atoms with Crippen LogP contribution in [0.1, 0.15) is 5.56 Å². The van der Waals surface area contributed by atoms with Gasteiger partial charge in [-0.15, -0.1) is 0 Å². The largest absolute Gasteiger partial charge is 0.408 e. The van der Waals surface area contributed by atoms with Crippen LogP contribution >= 0.6 is 0 Å². The molecule has 2 heterocycles. The Morgan fingerprint density at radius 2 is 2.10 bits per heavy atom. The molecule has 0 saturated heterocycles. The van der Waals surface area contributed by atoms with Crippen molar-refractivity contribution < 1.29 is 18.3 Å². The summed E-state index contributed by atoms with van der Waals surface area (Å²) >= 11 is 0. The Labute approximate surface area is 112 Å². The first-order valence-electron chi connectivity index (χ1n) is 5.92. The Hall–Kier alpha value is -2.03. The van der Waals surface area contributed by atoms with Gasteiger partial charge in [0.15, 0.2) is 0 Å². The van der Waals surface area contributed by atoms with Gasteiger partial charge in [-0.1, -0.05) is 0 Å². The van der Waals surface area contributed by atoms with Crippen molar-refractivity contribution in [1.29, 1.82) is 0 Å². The van der Waals surface area contributed by atoms with Crippen LogP contribution in [0.15, 0.2) is 24.7 Å². The van der Waals surface area contributed by atoms with E-state index in [9.17, 15) is 13.2 Å². The van der Waals surface area contributed by atoms with E-state index in [2.05, 4.69) is 15.5 Å². The normalized spacial score (nSPS) is 11.8. The first-order valence-corrected chi connectivity index (χ1v) is 5.92. The second-order valence-electron chi connectivity index (χ2n) is 4.20. The lowest BCUT2D eigenvalue weighted by Gasteiger charge is -2.05. The highest BCUT2D eigenvalue weighted by Crippen LogP contribution is 2.17. The van der Waals surface area contributed by atoms with Crippen LogP contribution in [0, 0.1) is 0 Å². The maximum absolute atomic E-state index is 12.2. The van der Waals surface area contributed by atoms with Crippen molar-refractivity contribution in [2.75, 3.05) is 11.9 Å². The topological polar surface area (TPSA) is 67.9 Å². The summed E-state index contributed by atoms with van der Waals surface area (Å²) in [7, 11) is 0. The molecule has 2 rings (SSSR count). The molecular weight excluding hydrogens is 275 g/mol. The molecule has 9 heteroatoms. The zero-order valence-corrected chi connectivity index (χ0v) is 10.5. The number of anilines is 1. The Morgan fingerprint density at radius 1 is 1.30 bits per heavy atom. The first-order chi connectivity index (χ1) is 9.46. The predicted molar refractivity (Wildman–Crippen MR) is 64.9 cm³/mol. The van der Waals surface area contributed by atoms with Gasteiger partial charge < -0.3 is 10.4 Å². The fraction of sp³-hybridized carbons (Fsp3) is 0.455. The molecular formula is C11H14F3N5O. The molecule has 0 atom stereocenters. The van der Waals surface area contributed by atoms with Crippen LogP contribution in [0.3, 0.4) is 0 Å². The fourth-order valence-electron chi connectivity index (χ4n) is 1.64. The van der Waals surface area contributed by atoms with Crippen molar-refractivity contribution in [3.63, 3.8) is 0 Å². The molecule has 2 N–H and O–H groups in total. The van der Waals surface area contributed by atoms with Crippen molar-refractivity contribution in [3.05, 3.63) is 30.2 Å². The number of aliphatic hydroxyl groups is 1. The number of halogens is 3. The molecule has 0 aromatic carbocycles. The van der Waals surface area contributed by atoms with Crippen LogP contribution in [-0.4, -0.2) is 37.5 Å². The molecule has 6 nitrogen and oxygen atoms in total. The minimum absolute atomic E-state index is 0.00860. The van der Waals surface area contributed by atoms with E-state index in [1.807, 2.05) is 0 Å². The van der Waals surface area contributed by atoms with E-state index in [0.29, 0.717) is 24.5 Å². The zero-order chi connectivity index (χ0) is 14.6. The van der Waals surface area contributed by atoms with E-state index in [0.717, 1.165) is 4.68 Å². The quantitative estimate of drug-likeness (QED) is 0.839. The highest BCUT2D eigenvalue weighted by molar-refractivity contribution is 5.33. The number of alkyl halides is 3. The molecule has 0 aliphatic rings. The van der Waals surface area contributed by atoms with Crippen molar-refractivity contribution in [1.82, 2.24) is 19.6 Å². The van der Waals surface area contributed by atoms with Crippen LogP contribution in [0.25, 0.3) is 0 Å². The van der Waals surface area contributed by atoms with Gasteiger partial charge >= 0.3 is 6.18 Å². The van der Waals surface area contributed by atoms with E-state index < -0.39 is 12.7 Å². The Bertz CT molecular complexity index is 548. The fourth-order valence-corrected chi connectivity index (χ4v) is 1.64. The third kappa shape index (κ3) is 4.26. The van der Waals surface area contributed by atoms with Gasteiger partial charge in [-0.2, -0.15) is 23.4 Å². The summed E-state index contributed by atoms with van der Waals surface area (Å²) in [5, 5.41) is 19.5. The highest BCUT2D eigenvalue weighted by Gasteiger charge is 2.28. The maximum atomic E-state index is 12.2. The van der Waals surface area contributed by atoms with Crippen LogP contribution in [-0.2, 0) is 19.6 Å². The molecule has 0 fully saturated rings. The standard InChI is InChI=1S/C11H14F3N5O/c12-11(13,14)8-19-7-9(6-16-19)5-15-10-1-2-18(17-10)3-4-20/h1-2,6-7,20H,3-5,8H2,(H,15,17). The van der Waals surface area contributed by atoms with Crippen molar-refractivity contribution in [3.8, 4) is 0 Å². The highest BCUT2D eigenvalue weighted by atomic mass is 19.4. The molecule has 2 aromatic heterocycles. The van der Waals surface area contributed by atoms with Crippen LogP contribution in [0.4, 0.5) is 19.0 Å². The number of rotatable bonds is 6. The monoisotopic (exact) mass is 289 g/mol. The summed E-state index contributed by atoms with van der Waals surface area (Å²) in [4.78, 5) is 0. The van der Waals surface area contributed by atoms with E-state index in [1.165, 1.54) is 12.4 Å². The summed E-state index contributed by atoms with van der Waals surface area (Å²) < 4.78 is 38.9. The lowest BCUT2D eigenvalue weighted by Crippen LogP contribution is -2.17. The van der Waals surface area contributed by atoms with Crippen LogP contribution < -0.4 is 5.32 Å². The lowest BCUT2D eigenvalue weighted by molar-refractivity contribution is -0.142. The summed E-state index contributed by atoms with van der Waals surface area (Å²) in [5.74, 6) is 0.585. The minimum atomic E-state index is -4.28. The molecule has 0 aliphatic carbocycles. The summed E-state index contributed by atoms with van der Waals surface area (Å²) in [6, 6.07) is 1.72. The first kappa shape index (κ1) is 14.4. The summed E-state index contributed by atoms with van der Waals surface area (Å²) in [5.41, 5.74) is 0.631. The number of nitrogens with zero attached hydrogens (tertiary/aromatic N) is 4. The number of aliphatic hydroxyl groups excluding tert-OH is 1. The molecule has 0 bridgehead atoms. The average molecular weight is 289 g/mol. The third-order valence-electron chi connectivity index (χ3n) is 2.47. The van der Waals surface area contributed by atoms with Gasteiger partial charge in [0.25, 0.3) is 0 Å². The third-order valence-corrected chi connectivity index (χ3v) is 2.47. The van der Waals surface area contributed by atoms with E-state index in [4.69, 9.17) is 5.11 Å². The predicted octanol–water partition coefficient (Wildman–Crippen LogP) is 1.25. The molecule has 110 valence electrons. The van der Waals surface area contributed by atoms with Gasteiger partial charge in [-0.3, -0.25) is 9.36 Å². The summed E-state index contributed by atoms with van der Waals surface area (Å²) in [6.07, 6.45) is 0.139. The lowest BCUT2D eigenvalue weighted by atomic mass is 10.3. The van der Waals surface area contributed by atoms with Crippen molar-refractivity contribution in [2.45, 2.75) is 25.8 Å². The molecule has 0 unspecified atom stereocenters. The van der Waals surface area contributed by atoms with Gasteiger partial charge in [0.05, 0.1) is 19.3 Å². The Morgan fingerprint density at radius 3 is 2.80 bits per heavy atom. The average Bonchev–Trinajstić information content (AvgIpc) is 2.94. The van der Waals surface area contributed by atoms with E-state index >= 15 is 0 Å². The van der Waals surface area contributed by atoms with Gasteiger partial charge in [-0.25, -0.2) is 0 Å². The Kier molecular flexibility index (Phi) is 4.28. The van der Waals surface area contributed by atoms with Crippen LogP contribution in [0.2, 0.25) is 0 Å². The molecule has 0 aliphatic heterocycles. The number of aromatic nitrogens is 4. The number of hydrogen-bond acceptors (Lipinski definition) is 4. The van der Waals surface area contributed by atoms with Gasteiger partial charge in [0, 0.05) is 30.6 Å². The second kappa shape index (κ2) is 5.95. The number of hydrogen-bond donors (Lipinski definition) is 2. The van der Waals surface area contributed by atoms with E-state index in [-0.39, 0.29) is 6.61 Å². The van der Waals surface area contributed by atoms with Gasteiger partial charge in [-0.05, 0) is 0 Å². The molecule has 2 aromatic rings. The SMILES string of the molecule is OCCn1ccc(NCc2cnn(CC(F)(F)F)c2)n1. The van der Waals surface area contributed by atoms with Crippen LogP contribution in [0.5, 0.6) is 0 Å². The van der Waals surface area contributed by atoms with Crippen molar-refractivity contribution in [2.24, 2.45) is 0 Å². The van der Waals surface area contributed by atoms with Crippen molar-refractivity contribution >= 4 is 5.82 Å². The molecule has 0 spiro atoms. The summed E-state index contributed by atoms with van der Waals surface area (Å²) in [6.45, 7) is -0.386. The second-order valence-corrected chi connectivity index (χ2v) is 4.20. The van der Waals surface area contributed by atoms with Gasteiger partial charge in [0.2, 0.25) is 0 Å². The van der Waals surface area contributed by atoms with E-state index in [1.54, 1.807) is 16.9 Å². The molecule has 0 radical (unpaired) electrons. The number of nitrogens with one attached hydrogen (secondary N) is 1. The smallest absolute Gasteiger partial charge is 0.394 e. The minimum Gasteiger partial charge on any atom is -0.394 e. The Balaban J connectivity index is 1.87.